The van der Waals surface area contributed by atoms with Crippen molar-refractivity contribution >= 4 is 22.8 Å². The minimum Gasteiger partial charge on any atom is -0.479 e. The number of aromatic nitrogens is 2. The average Bonchev–Trinajstić information content (AvgIpc) is 2.61. The fourth-order valence-electron chi connectivity index (χ4n) is 2.84. The van der Waals surface area contributed by atoms with E-state index in [2.05, 4.69) is 4.98 Å². The van der Waals surface area contributed by atoms with Gasteiger partial charge in [0.1, 0.15) is 0 Å². The number of nitrogens with one attached hydrogen (secondary N) is 1. The fourth-order valence-corrected chi connectivity index (χ4v) is 2.84. The summed E-state index contributed by atoms with van der Waals surface area (Å²) in [7, 11) is 0. The van der Waals surface area contributed by atoms with E-state index in [1.54, 1.807) is 6.92 Å². The molecule has 9 heteroatoms. The maximum absolute atomic E-state index is 12.6. The molecule has 2 N–H and O–H groups in total. The molecule has 25 heavy (non-hydrogen) atoms. The summed E-state index contributed by atoms with van der Waals surface area (Å²) < 4.78 is 6.17. The van der Waals surface area contributed by atoms with Gasteiger partial charge in [-0.15, -0.1) is 0 Å². The Labute approximate surface area is 141 Å². The molecule has 1 aromatic heterocycles. The van der Waals surface area contributed by atoms with Gasteiger partial charge in [-0.25, -0.2) is 9.59 Å². The van der Waals surface area contributed by atoms with E-state index in [-0.39, 0.29) is 43.2 Å². The van der Waals surface area contributed by atoms with E-state index >= 15 is 0 Å². The molecule has 0 aliphatic carbocycles. The maximum Gasteiger partial charge on any atom is 0.334 e. The Morgan fingerprint density at radius 2 is 2.12 bits per heavy atom. The van der Waals surface area contributed by atoms with Gasteiger partial charge in [0.2, 0.25) is 0 Å². The lowest BCUT2D eigenvalue weighted by Gasteiger charge is -2.30. The van der Waals surface area contributed by atoms with E-state index in [4.69, 9.17) is 9.84 Å². The molecule has 1 atom stereocenters. The maximum atomic E-state index is 12.6. The molecule has 9 nitrogen and oxygen atoms in total. The first kappa shape index (κ1) is 16.9. The number of ether oxygens (including phenoxy) is 1. The number of amides is 1. The van der Waals surface area contributed by atoms with Crippen molar-refractivity contribution < 1.29 is 19.4 Å². The third kappa shape index (κ3) is 3.05. The van der Waals surface area contributed by atoms with E-state index in [0.29, 0.717) is 5.39 Å². The Hall–Kier alpha value is -2.94. The number of benzene rings is 1. The Morgan fingerprint density at radius 1 is 1.36 bits per heavy atom. The van der Waals surface area contributed by atoms with Crippen LogP contribution in [-0.2, 0) is 16.1 Å². The van der Waals surface area contributed by atoms with Crippen LogP contribution in [0.2, 0.25) is 0 Å². The van der Waals surface area contributed by atoms with Crippen molar-refractivity contribution in [3.8, 4) is 0 Å². The number of nitrogens with zero attached hydrogens (tertiary/aromatic N) is 2. The number of carbonyl (C=O) groups excluding carboxylic acids is 1. The number of carboxylic acid groups (broad SMARTS) is 1. The van der Waals surface area contributed by atoms with Gasteiger partial charge in [0.15, 0.2) is 6.10 Å². The van der Waals surface area contributed by atoms with Crippen molar-refractivity contribution in [2.45, 2.75) is 19.6 Å². The number of hydrogen-bond donors (Lipinski definition) is 2. The monoisotopic (exact) mass is 347 g/mol. The second kappa shape index (κ2) is 6.52. The molecule has 2 aromatic rings. The second-order valence-electron chi connectivity index (χ2n) is 5.69. The van der Waals surface area contributed by atoms with Gasteiger partial charge in [-0.2, -0.15) is 0 Å². The number of hydrogen-bond acceptors (Lipinski definition) is 5. The van der Waals surface area contributed by atoms with E-state index in [1.165, 1.54) is 23.1 Å². The highest BCUT2D eigenvalue weighted by atomic mass is 16.5. The highest BCUT2D eigenvalue weighted by Gasteiger charge is 2.29. The van der Waals surface area contributed by atoms with Gasteiger partial charge >= 0.3 is 11.7 Å². The summed E-state index contributed by atoms with van der Waals surface area (Å²) >= 11 is 0. The lowest BCUT2D eigenvalue weighted by Crippen LogP contribution is -2.48. The summed E-state index contributed by atoms with van der Waals surface area (Å²) in [6, 6.07) is 4.42. The number of aliphatic carboxylic acids is 1. The molecule has 0 saturated carbocycles. The summed E-state index contributed by atoms with van der Waals surface area (Å²) in [6.45, 7) is 2.29. The first-order valence-electron chi connectivity index (χ1n) is 7.83. The van der Waals surface area contributed by atoms with Crippen LogP contribution in [0.3, 0.4) is 0 Å². The van der Waals surface area contributed by atoms with Crippen LogP contribution in [-0.4, -0.2) is 57.2 Å². The molecule has 3 rings (SSSR count). The quantitative estimate of drug-likeness (QED) is 0.782. The number of aromatic amines is 1. The summed E-state index contributed by atoms with van der Waals surface area (Å²) in [4.78, 5) is 51.8. The van der Waals surface area contributed by atoms with Crippen LogP contribution >= 0.6 is 0 Å². The van der Waals surface area contributed by atoms with Crippen molar-refractivity contribution in [1.82, 2.24) is 14.5 Å². The van der Waals surface area contributed by atoms with Crippen LogP contribution in [0, 0.1) is 0 Å². The standard InChI is InChI=1S/C16H17N3O6/c1-2-19-14(21)10-4-3-9(7-11(10)17-16(19)24)13(20)18-5-6-25-12(8-18)15(22)23/h3-4,7,12H,2,5-6,8H2,1H3,(H,17,24)(H,22,23)/t12-/m1/s1. The molecule has 132 valence electrons. The van der Waals surface area contributed by atoms with E-state index in [9.17, 15) is 19.2 Å². The van der Waals surface area contributed by atoms with Crippen LogP contribution in [0.4, 0.5) is 0 Å². The molecular formula is C16H17N3O6. The molecule has 0 bridgehead atoms. The van der Waals surface area contributed by atoms with Gasteiger partial charge in [-0.3, -0.25) is 14.2 Å². The Kier molecular flexibility index (Phi) is 4.41. The molecular weight excluding hydrogens is 330 g/mol. The topological polar surface area (TPSA) is 122 Å². The Morgan fingerprint density at radius 3 is 2.80 bits per heavy atom. The predicted octanol–water partition coefficient (Wildman–Crippen LogP) is -0.365. The Bertz CT molecular complexity index is 960. The molecule has 1 saturated heterocycles. The van der Waals surface area contributed by atoms with E-state index in [1.807, 2.05) is 0 Å². The van der Waals surface area contributed by atoms with Gasteiger partial charge in [-0.05, 0) is 25.1 Å². The summed E-state index contributed by atoms with van der Waals surface area (Å²) in [6.07, 6.45) is -1.06. The largest absolute Gasteiger partial charge is 0.479 e. The van der Waals surface area contributed by atoms with Crippen molar-refractivity contribution in [2.75, 3.05) is 19.7 Å². The van der Waals surface area contributed by atoms with Gasteiger partial charge in [0, 0.05) is 18.7 Å². The van der Waals surface area contributed by atoms with E-state index in [0.717, 1.165) is 4.57 Å². The zero-order valence-electron chi connectivity index (χ0n) is 13.5. The summed E-state index contributed by atoms with van der Waals surface area (Å²) in [5.74, 6) is -1.50. The summed E-state index contributed by atoms with van der Waals surface area (Å²) in [5, 5.41) is 9.33. The number of fused-ring (bicyclic) bond motifs is 1. The van der Waals surface area contributed by atoms with Crippen LogP contribution in [0.15, 0.2) is 27.8 Å². The fraction of sp³-hybridized carbons (Fsp3) is 0.375. The van der Waals surface area contributed by atoms with Crippen LogP contribution in [0.1, 0.15) is 17.3 Å². The average molecular weight is 347 g/mol. The predicted molar refractivity (Wildman–Crippen MR) is 87.8 cm³/mol. The smallest absolute Gasteiger partial charge is 0.334 e. The first-order chi connectivity index (χ1) is 11.9. The number of rotatable bonds is 3. The van der Waals surface area contributed by atoms with Crippen LogP contribution in [0.5, 0.6) is 0 Å². The Balaban J connectivity index is 1.96. The number of carboxylic acids is 1. The third-order valence-corrected chi connectivity index (χ3v) is 4.17. The SMILES string of the molecule is CCn1c(=O)[nH]c2cc(C(=O)N3CCO[C@@H](C(=O)O)C3)ccc2c1=O. The lowest BCUT2D eigenvalue weighted by atomic mass is 10.1. The van der Waals surface area contributed by atoms with Gasteiger partial charge in [0.05, 0.1) is 24.1 Å². The number of morpholine rings is 1. The molecule has 1 aliphatic heterocycles. The first-order valence-corrected chi connectivity index (χ1v) is 7.83. The molecule has 0 spiro atoms. The molecule has 0 radical (unpaired) electrons. The highest BCUT2D eigenvalue weighted by Crippen LogP contribution is 2.14. The number of H-pyrrole nitrogens is 1. The number of carbonyl (C=O) groups is 2. The van der Waals surface area contributed by atoms with Crippen molar-refractivity contribution in [1.29, 1.82) is 0 Å². The highest BCUT2D eigenvalue weighted by molar-refractivity contribution is 5.98. The minimum atomic E-state index is -1.12. The zero-order chi connectivity index (χ0) is 18.1. The van der Waals surface area contributed by atoms with Crippen LogP contribution in [0.25, 0.3) is 10.9 Å². The zero-order valence-corrected chi connectivity index (χ0v) is 13.5. The van der Waals surface area contributed by atoms with Gasteiger partial charge in [0.25, 0.3) is 11.5 Å². The molecule has 1 fully saturated rings. The van der Waals surface area contributed by atoms with E-state index < -0.39 is 23.3 Å². The van der Waals surface area contributed by atoms with Gasteiger partial charge in [-0.1, -0.05) is 0 Å². The molecule has 1 aliphatic rings. The lowest BCUT2D eigenvalue weighted by molar-refractivity contribution is -0.154. The third-order valence-electron chi connectivity index (χ3n) is 4.17. The van der Waals surface area contributed by atoms with Crippen LogP contribution < -0.4 is 11.2 Å². The van der Waals surface area contributed by atoms with Crippen molar-refractivity contribution in [2.24, 2.45) is 0 Å². The van der Waals surface area contributed by atoms with Gasteiger partial charge < -0.3 is 19.7 Å². The second-order valence-corrected chi connectivity index (χ2v) is 5.69. The van der Waals surface area contributed by atoms with Crippen molar-refractivity contribution in [3.63, 3.8) is 0 Å². The minimum absolute atomic E-state index is 0.0554. The normalized spacial score (nSPS) is 17.6. The van der Waals surface area contributed by atoms with Crippen molar-refractivity contribution in [3.05, 3.63) is 44.6 Å². The molecule has 0 unspecified atom stereocenters. The summed E-state index contributed by atoms with van der Waals surface area (Å²) in [5.41, 5.74) is -0.420. The molecule has 2 heterocycles. The molecule has 1 aromatic carbocycles. The molecule has 1 amide bonds.